The van der Waals surface area contributed by atoms with E-state index in [0.717, 1.165) is 12.4 Å². The van der Waals surface area contributed by atoms with Crippen LogP contribution in [0.25, 0.3) is 0 Å². The third-order valence-corrected chi connectivity index (χ3v) is 2.36. The number of rotatable bonds is 5. The zero-order valence-corrected chi connectivity index (χ0v) is 11.7. The van der Waals surface area contributed by atoms with E-state index in [1.54, 1.807) is 13.3 Å². The lowest BCUT2D eigenvalue weighted by atomic mass is 10.2. The van der Waals surface area contributed by atoms with E-state index in [1.807, 2.05) is 32.3 Å². The molecule has 18 heavy (non-hydrogen) atoms. The second-order valence-corrected chi connectivity index (χ2v) is 5.17. The van der Waals surface area contributed by atoms with Crippen LogP contribution in [-0.2, 0) is 22.6 Å². The Labute approximate surface area is 108 Å². The van der Waals surface area contributed by atoms with E-state index < -0.39 is 5.60 Å². The topological polar surface area (TPSA) is 69.0 Å². The molecule has 0 amide bonds. The minimum atomic E-state index is -0.462. The van der Waals surface area contributed by atoms with Crippen molar-refractivity contribution in [1.29, 1.82) is 0 Å². The summed E-state index contributed by atoms with van der Waals surface area (Å²) in [4.78, 5) is 11.7. The lowest BCUT2D eigenvalue weighted by Crippen LogP contribution is -2.39. The summed E-state index contributed by atoms with van der Waals surface area (Å²) in [7, 11) is 0. The van der Waals surface area contributed by atoms with Gasteiger partial charge in [-0.3, -0.25) is 10.1 Å². The van der Waals surface area contributed by atoms with Crippen molar-refractivity contribution in [2.45, 2.75) is 59.4 Å². The normalized spacial score (nSPS) is 13.4. The molecule has 1 atom stereocenters. The summed E-state index contributed by atoms with van der Waals surface area (Å²) >= 11 is 0. The average molecular weight is 254 g/mol. The van der Waals surface area contributed by atoms with Crippen molar-refractivity contribution in [1.82, 2.24) is 20.1 Å². The van der Waals surface area contributed by atoms with Gasteiger partial charge in [0.05, 0.1) is 6.54 Å². The van der Waals surface area contributed by atoms with Crippen LogP contribution in [0, 0.1) is 0 Å². The number of aromatic nitrogens is 3. The number of ether oxygens (including phenoxy) is 1. The number of hydrogen-bond donors (Lipinski definition) is 1. The molecule has 102 valence electrons. The lowest BCUT2D eigenvalue weighted by Gasteiger charge is -2.22. The maximum absolute atomic E-state index is 11.7. The van der Waals surface area contributed by atoms with Gasteiger partial charge in [-0.15, -0.1) is 10.2 Å². The van der Waals surface area contributed by atoms with Crippen LogP contribution >= 0.6 is 0 Å². The minimum Gasteiger partial charge on any atom is -0.459 e. The van der Waals surface area contributed by atoms with Gasteiger partial charge in [0.1, 0.15) is 23.8 Å². The highest BCUT2D eigenvalue weighted by Crippen LogP contribution is 2.08. The third kappa shape index (κ3) is 4.44. The number of aryl methyl sites for hydroxylation is 1. The molecule has 1 aromatic heterocycles. The van der Waals surface area contributed by atoms with Gasteiger partial charge in [-0.05, 0) is 34.6 Å². The van der Waals surface area contributed by atoms with Crippen LogP contribution in [0.5, 0.6) is 0 Å². The Hall–Kier alpha value is -1.43. The summed E-state index contributed by atoms with van der Waals surface area (Å²) in [6.07, 6.45) is 1.68. The van der Waals surface area contributed by atoms with Crippen molar-refractivity contribution in [2.24, 2.45) is 0 Å². The quantitative estimate of drug-likeness (QED) is 0.797. The van der Waals surface area contributed by atoms with Gasteiger partial charge >= 0.3 is 5.97 Å². The molecule has 0 aliphatic heterocycles. The first-order valence-corrected chi connectivity index (χ1v) is 6.16. The van der Waals surface area contributed by atoms with Crippen molar-refractivity contribution < 1.29 is 9.53 Å². The Kier molecular flexibility index (Phi) is 4.84. The summed E-state index contributed by atoms with van der Waals surface area (Å²) < 4.78 is 7.21. The van der Waals surface area contributed by atoms with Crippen LogP contribution in [0.1, 0.15) is 40.4 Å². The fraction of sp³-hybridized carbons (Fsp3) is 0.750. The van der Waals surface area contributed by atoms with Crippen molar-refractivity contribution in [3.8, 4) is 0 Å². The Balaban J connectivity index is 2.46. The van der Waals surface area contributed by atoms with Crippen LogP contribution in [0.4, 0.5) is 0 Å². The third-order valence-electron chi connectivity index (χ3n) is 2.36. The highest BCUT2D eigenvalue weighted by Gasteiger charge is 2.21. The average Bonchev–Trinajstić information content (AvgIpc) is 2.70. The van der Waals surface area contributed by atoms with Crippen LogP contribution in [0.15, 0.2) is 6.33 Å². The van der Waals surface area contributed by atoms with Crippen molar-refractivity contribution in [3.05, 3.63) is 12.2 Å². The summed E-state index contributed by atoms with van der Waals surface area (Å²) in [6.45, 7) is 10.7. The van der Waals surface area contributed by atoms with Crippen LogP contribution in [-0.4, -0.2) is 32.4 Å². The van der Waals surface area contributed by atoms with Crippen LogP contribution in [0.2, 0.25) is 0 Å². The van der Waals surface area contributed by atoms with E-state index in [4.69, 9.17) is 4.74 Å². The molecule has 1 heterocycles. The minimum absolute atomic E-state index is 0.259. The molecular formula is C12H22N4O2. The van der Waals surface area contributed by atoms with E-state index in [0.29, 0.717) is 6.54 Å². The summed E-state index contributed by atoms with van der Waals surface area (Å²) in [5.41, 5.74) is -0.462. The molecule has 0 fully saturated rings. The molecule has 1 unspecified atom stereocenters. The van der Waals surface area contributed by atoms with Crippen LogP contribution in [0.3, 0.4) is 0 Å². The molecule has 1 N–H and O–H groups in total. The highest BCUT2D eigenvalue weighted by atomic mass is 16.6. The monoisotopic (exact) mass is 254 g/mol. The molecule has 0 saturated heterocycles. The fourth-order valence-electron chi connectivity index (χ4n) is 1.40. The van der Waals surface area contributed by atoms with Crippen LogP contribution < -0.4 is 5.32 Å². The summed E-state index contributed by atoms with van der Waals surface area (Å²) in [6, 6.07) is -0.369. The standard InChI is InChI=1S/C12H22N4O2/c1-6-16-8-14-15-10(16)7-13-9(2)11(17)18-12(3,4)5/h8-9,13H,6-7H2,1-5H3. The molecule has 6 nitrogen and oxygen atoms in total. The number of nitrogens with one attached hydrogen (secondary N) is 1. The maximum atomic E-state index is 11.7. The Morgan fingerprint density at radius 3 is 2.78 bits per heavy atom. The van der Waals surface area contributed by atoms with E-state index in [-0.39, 0.29) is 12.0 Å². The second-order valence-electron chi connectivity index (χ2n) is 5.17. The van der Waals surface area contributed by atoms with Crippen molar-refractivity contribution in [2.75, 3.05) is 0 Å². The summed E-state index contributed by atoms with van der Waals surface area (Å²) in [5, 5.41) is 10.9. The van der Waals surface area contributed by atoms with Gasteiger partial charge in [-0.1, -0.05) is 0 Å². The lowest BCUT2D eigenvalue weighted by molar-refractivity contribution is -0.157. The molecule has 0 spiro atoms. The van der Waals surface area contributed by atoms with Crippen molar-refractivity contribution >= 4 is 5.97 Å². The summed E-state index contributed by atoms with van der Waals surface area (Å²) in [5.74, 6) is 0.554. The zero-order valence-electron chi connectivity index (χ0n) is 11.7. The van der Waals surface area contributed by atoms with Crippen molar-refractivity contribution in [3.63, 3.8) is 0 Å². The zero-order chi connectivity index (χ0) is 13.8. The molecule has 0 aliphatic carbocycles. The van der Waals surface area contributed by atoms with Gasteiger partial charge in [-0.25, -0.2) is 0 Å². The Morgan fingerprint density at radius 2 is 2.22 bits per heavy atom. The van der Waals surface area contributed by atoms with Gasteiger partial charge in [0.2, 0.25) is 0 Å². The molecule has 0 saturated carbocycles. The van der Waals surface area contributed by atoms with E-state index in [2.05, 4.69) is 15.5 Å². The first-order valence-electron chi connectivity index (χ1n) is 6.16. The van der Waals surface area contributed by atoms with Gasteiger partial charge in [0.25, 0.3) is 0 Å². The number of esters is 1. The first kappa shape index (κ1) is 14.6. The predicted molar refractivity (Wildman–Crippen MR) is 67.8 cm³/mol. The largest absolute Gasteiger partial charge is 0.459 e. The molecule has 0 aromatic carbocycles. The second kappa shape index (κ2) is 5.95. The SMILES string of the molecule is CCn1cnnc1CNC(C)C(=O)OC(C)(C)C. The van der Waals surface area contributed by atoms with Gasteiger partial charge < -0.3 is 9.30 Å². The number of nitrogens with zero attached hydrogens (tertiary/aromatic N) is 3. The molecule has 0 bridgehead atoms. The van der Waals surface area contributed by atoms with E-state index >= 15 is 0 Å². The molecule has 0 radical (unpaired) electrons. The van der Waals surface area contributed by atoms with Gasteiger partial charge in [-0.2, -0.15) is 0 Å². The first-order chi connectivity index (χ1) is 8.33. The number of carbonyl (C=O) groups excluding carboxylic acids is 1. The van der Waals surface area contributed by atoms with Gasteiger partial charge in [0, 0.05) is 6.54 Å². The number of hydrogen-bond acceptors (Lipinski definition) is 5. The molecular weight excluding hydrogens is 232 g/mol. The highest BCUT2D eigenvalue weighted by molar-refractivity contribution is 5.75. The maximum Gasteiger partial charge on any atom is 0.323 e. The van der Waals surface area contributed by atoms with E-state index in [1.165, 1.54) is 0 Å². The molecule has 0 aliphatic rings. The smallest absolute Gasteiger partial charge is 0.323 e. The fourth-order valence-corrected chi connectivity index (χ4v) is 1.40. The predicted octanol–water partition coefficient (Wildman–Crippen LogP) is 1.12. The van der Waals surface area contributed by atoms with E-state index in [9.17, 15) is 4.79 Å². The Bertz CT molecular complexity index is 395. The molecule has 6 heteroatoms. The molecule has 1 aromatic rings. The number of carbonyl (C=O) groups is 1. The Morgan fingerprint density at radius 1 is 1.56 bits per heavy atom. The van der Waals surface area contributed by atoms with Gasteiger partial charge in [0.15, 0.2) is 0 Å². The molecule has 1 rings (SSSR count).